The molecule has 0 atom stereocenters. The monoisotopic (exact) mass is 254 g/mol. The lowest BCUT2D eigenvalue weighted by Crippen LogP contribution is -1.94. The Bertz CT molecular complexity index is 965. The fourth-order valence-electron chi connectivity index (χ4n) is 2.11. The van der Waals surface area contributed by atoms with Crippen molar-refractivity contribution < 1.29 is 13.3 Å². The minimum atomic E-state index is -0.662. The summed E-state index contributed by atoms with van der Waals surface area (Å²) in [6.45, 7) is 0. The number of benzene rings is 2. The second-order valence-corrected chi connectivity index (χ2v) is 4.17. The highest BCUT2D eigenvalue weighted by Gasteiger charge is 2.12. The predicted octanol–water partition coefficient (Wildman–Crippen LogP) is 2.65. The van der Waals surface area contributed by atoms with Gasteiger partial charge in [-0.3, -0.25) is 0 Å². The molecule has 2 aromatic heterocycles. The van der Waals surface area contributed by atoms with Gasteiger partial charge >= 0.3 is 11.3 Å². The molecule has 0 amide bonds. The van der Waals surface area contributed by atoms with Gasteiger partial charge in [-0.05, 0) is 12.1 Å². The predicted molar refractivity (Wildman–Crippen MR) is 68.3 cm³/mol. The topological polar surface area (TPSA) is 73.6 Å². The number of hydrogen-bond acceptors (Lipinski definition) is 5. The molecule has 0 fully saturated rings. The van der Waals surface area contributed by atoms with Gasteiger partial charge in [-0.1, -0.05) is 12.1 Å². The van der Waals surface area contributed by atoms with Crippen LogP contribution in [0.1, 0.15) is 0 Å². The zero-order valence-corrected chi connectivity index (χ0v) is 9.51. The molecule has 0 saturated carbocycles. The van der Waals surface area contributed by atoms with Crippen LogP contribution >= 0.6 is 0 Å². The first-order chi connectivity index (χ1) is 9.22. The van der Waals surface area contributed by atoms with Crippen molar-refractivity contribution in [3.05, 3.63) is 57.2 Å². The van der Waals surface area contributed by atoms with E-state index in [0.717, 1.165) is 0 Å². The first-order valence-electron chi connectivity index (χ1n) is 5.62. The zero-order valence-electron chi connectivity index (χ0n) is 9.51. The van der Waals surface area contributed by atoms with Crippen LogP contribution in [-0.4, -0.2) is 0 Å². The third kappa shape index (κ3) is 1.35. The highest BCUT2D eigenvalue weighted by molar-refractivity contribution is 5.93. The minimum absolute atomic E-state index is 0.201. The van der Waals surface area contributed by atoms with Gasteiger partial charge in [0.1, 0.15) is 0 Å². The van der Waals surface area contributed by atoms with Crippen LogP contribution in [0.3, 0.4) is 0 Å². The number of rotatable bonds is 0. The Hall–Kier alpha value is -2.82. The first-order valence-corrected chi connectivity index (χ1v) is 5.62. The van der Waals surface area contributed by atoms with E-state index in [1.165, 1.54) is 12.1 Å². The van der Waals surface area contributed by atoms with E-state index in [-0.39, 0.29) is 10.8 Å². The second kappa shape index (κ2) is 3.35. The highest BCUT2D eigenvalue weighted by atomic mass is 16.4. The van der Waals surface area contributed by atoms with Gasteiger partial charge in [0.15, 0.2) is 22.3 Å². The molecule has 2 aromatic carbocycles. The number of hydrogen-bond donors (Lipinski definition) is 0. The van der Waals surface area contributed by atoms with Gasteiger partial charge in [-0.15, -0.1) is 0 Å². The van der Waals surface area contributed by atoms with Crippen LogP contribution in [0, 0.1) is 0 Å². The molecule has 2 heterocycles. The average molecular weight is 254 g/mol. The molecule has 5 heteroatoms. The summed E-state index contributed by atoms with van der Waals surface area (Å²) in [4.78, 5) is 22.9. The van der Waals surface area contributed by atoms with Crippen molar-refractivity contribution in [2.75, 3.05) is 0 Å². The van der Waals surface area contributed by atoms with Crippen LogP contribution in [0.2, 0.25) is 0 Å². The smallest absolute Gasteiger partial charge is 0.347 e. The van der Waals surface area contributed by atoms with Crippen molar-refractivity contribution in [2.24, 2.45) is 0 Å². The quantitative estimate of drug-likeness (QED) is 0.451. The summed E-state index contributed by atoms with van der Waals surface area (Å²) in [5.74, 6) is 0. The van der Waals surface area contributed by atoms with Gasteiger partial charge in [0.05, 0.1) is 10.8 Å². The summed E-state index contributed by atoms with van der Waals surface area (Å²) in [7, 11) is 0. The fraction of sp³-hybridized carbons (Fsp3) is 0. The molecule has 0 spiro atoms. The van der Waals surface area contributed by atoms with E-state index >= 15 is 0 Å². The number of para-hydroxylation sites is 2. The molecule has 0 radical (unpaired) electrons. The SMILES string of the molecule is O=c1oc(=O)c2cc3oc4ccccc4oc3cc12. The van der Waals surface area contributed by atoms with Crippen molar-refractivity contribution in [2.45, 2.75) is 0 Å². The molecule has 0 aliphatic rings. The maximum Gasteiger partial charge on any atom is 0.347 e. The molecule has 19 heavy (non-hydrogen) atoms. The van der Waals surface area contributed by atoms with Gasteiger partial charge < -0.3 is 13.3 Å². The van der Waals surface area contributed by atoms with Crippen molar-refractivity contribution in [3.63, 3.8) is 0 Å². The van der Waals surface area contributed by atoms with Gasteiger partial charge in [-0.25, -0.2) is 9.59 Å². The summed E-state index contributed by atoms with van der Waals surface area (Å²) < 4.78 is 15.8. The molecule has 0 bridgehead atoms. The lowest BCUT2D eigenvalue weighted by atomic mass is 10.2. The van der Waals surface area contributed by atoms with E-state index in [2.05, 4.69) is 4.42 Å². The van der Waals surface area contributed by atoms with Crippen LogP contribution < -0.4 is 11.3 Å². The molecule has 4 aromatic rings. The van der Waals surface area contributed by atoms with E-state index in [1.807, 2.05) is 12.1 Å². The van der Waals surface area contributed by atoms with E-state index in [0.29, 0.717) is 22.3 Å². The van der Waals surface area contributed by atoms with Gasteiger partial charge in [0, 0.05) is 12.1 Å². The lowest BCUT2D eigenvalue weighted by molar-refractivity contribution is 0.500. The van der Waals surface area contributed by atoms with Crippen molar-refractivity contribution in [1.82, 2.24) is 0 Å². The second-order valence-electron chi connectivity index (χ2n) is 4.17. The molecular formula is C14H6O5. The minimum Gasteiger partial charge on any atom is -0.449 e. The maximum absolute atomic E-state index is 11.5. The van der Waals surface area contributed by atoms with E-state index in [9.17, 15) is 9.59 Å². The Kier molecular flexibility index (Phi) is 1.79. The number of furan rings is 1. The third-order valence-electron chi connectivity index (χ3n) is 3.00. The zero-order chi connectivity index (χ0) is 13.0. The van der Waals surface area contributed by atoms with E-state index in [1.54, 1.807) is 12.1 Å². The van der Waals surface area contributed by atoms with E-state index in [4.69, 9.17) is 8.83 Å². The largest absolute Gasteiger partial charge is 0.449 e. The Labute approximate surface area is 104 Å². The van der Waals surface area contributed by atoms with Gasteiger partial charge in [0.25, 0.3) is 0 Å². The standard InChI is InChI=1S/C14H6O5/c15-13-7-5-11-12(6-8(7)14(16)19-13)18-10-4-2-1-3-9(10)17-11/h1-6H. The Morgan fingerprint density at radius 2 is 1.11 bits per heavy atom. The number of fused-ring (bicyclic) bond motifs is 3. The molecule has 0 aliphatic heterocycles. The summed E-state index contributed by atoms with van der Waals surface area (Å²) in [6, 6.07) is 10.1. The summed E-state index contributed by atoms with van der Waals surface area (Å²) in [5.41, 5.74) is 0.587. The molecule has 4 rings (SSSR count). The van der Waals surface area contributed by atoms with Crippen molar-refractivity contribution in [3.8, 4) is 0 Å². The first kappa shape index (κ1) is 10.1. The Morgan fingerprint density at radius 1 is 0.632 bits per heavy atom. The van der Waals surface area contributed by atoms with Crippen LogP contribution in [-0.2, 0) is 0 Å². The van der Waals surface area contributed by atoms with Crippen molar-refractivity contribution >= 4 is 33.1 Å². The molecule has 0 saturated heterocycles. The molecule has 0 aliphatic carbocycles. The summed E-state index contributed by atoms with van der Waals surface area (Å²) in [6.07, 6.45) is 0. The average Bonchev–Trinajstić information content (AvgIpc) is 2.69. The van der Waals surface area contributed by atoms with Crippen LogP contribution in [0.5, 0.6) is 0 Å². The Morgan fingerprint density at radius 3 is 1.58 bits per heavy atom. The van der Waals surface area contributed by atoms with Crippen LogP contribution in [0.4, 0.5) is 0 Å². The maximum atomic E-state index is 11.5. The van der Waals surface area contributed by atoms with Crippen molar-refractivity contribution in [1.29, 1.82) is 0 Å². The molecule has 0 N–H and O–H groups in total. The highest BCUT2D eigenvalue weighted by Crippen LogP contribution is 2.25. The third-order valence-corrected chi connectivity index (χ3v) is 3.00. The Balaban J connectivity index is 2.27. The van der Waals surface area contributed by atoms with Crippen LogP contribution in [0.25, 0.3) is 33.1 Å². The molecule has 0 unspecified atom stereocenters. The van der Waals surface area contributed by atoms with Gasteiger partial charge in [-0.2, -0.15) is 0 Å². The van der Waals surface area contributed by atoms with Gasteiger partial charge in [0.2, 0.25) is 0 Å². The molecular weight excluding hydrogens is 248 g/mol. The molecule has 92 valence electrons. The summed E-state index contributed by atoms with van der Waals surface area (Å²) in [5, 5.41) is 0.401. The van der Waals surface area contributed by atoms with Crippen LogP contribution in [0.15, 0.2) is 59.2 Å². The summed E-state index contributed by atoms with van der Waals surface area (Å²) >= 11 is 0. The fourth-order valence-corrected chi connectivity index (χ4v) is 2.11. The van der Waals surface area contributed by atoms with E-state index < -0.39 is 11.3 Å². The normalized spacial score (nSPS) is 11.6. The lowest BCUT2D eigenvalue weighted by Gasteiger charge is -2.00. The molecule has 5 nitrogen and oxygen atoms in total.